The van der Waals surface area contributed by atoms with Crippen molar-refractivity contribution in [3.8, 4) is 12.3 Å². The highest BCUT2D eigenvalue weighted by Gasteiger charge is 2.08. The molecule has 3 N–H and O–H groups in total. The van der Waals surface area contributed by atoms with Crippen LogP contribution in [-0.2, 0) is 0 Å². The molecule has 2 rings (SSSR count). The Morgan fingerprint density at radius 1 is 1.10 bits per heavy atom. The van der Waals surface area contributed by atoms with Crippen LogP contribution in [0.1, 0.15) is 31.8 Å². The second kappa shape index (κ2) is 5.93. The first-order valence-corrected chi connectivity index (χ1v) is 6.29. The molecule has 0 radical (unpaired) electrons. The fourth-order valence-electron chi connectivity index (χ4n) is 1.84. The minimum Gasteiger partial charge on any atom is -0.366 e. The molecule has 4 nitrogen and oxygen atoms in total. The number of carbonyl (C=O) groups excluding carboxylic acids is 2. The zero-order chi connectivity index (χ0) is 15.4. The van der Waals surface area contributed by atoms with Gasteiger partial charge in [-0.3, -0.25) is 9.59 Å². The molecule has 0 heterocycles. The molecule has 0 atom stereocenters. The smallest absolute Gasteiger partial charge is 0.255 e. The van der Waals surface area contributed by atoms with Gasteiger partial charge in [-0.15, -0.1) is 6.42 Å². The van der Waals surface area contributed by atoms with Gasteiger partial charge in [0.05, 0.1) is 0 Å². The highest BCUT2D eigenvalue weighted by Crippen LogP contribution is 2.14. The van der Waals surface area contributed by atoms with Crippen molar-refractivity contribution in [3.05, 3.63) is 64.7 Å². The first kappa shape index (κ1) is 14.4. The van der Waals surface area contributed by atoms with Gasteiger partial charge < -0.3 is 11.1 Å². The van der Waals surface area contributed by atoms with Crippen molar-refractivity contribution in [2.75, 3.05) is 5.32 Å². The van der Waals surface area contributed by atoms with E-state index in [2.05, 4.69) is 11.2 Å². The Morgan fingerprint density at radius 2 is 1.71 bits per heavy atom. The molecule has 4 heteroatoms. The monoisotopic (exact) mass is 278 g/mol. The molecule has 21 heavy (non-hydrogen) atoms. The van der Waals surface area contributed by atoms with Crippen molar-refractivity contribution in [1.82, 2.24) is 0 Å². The molecule has 0 aromatic heterocycles. The van der Waals surface area contributed by atoms with E-state index in [0.29, 0.717) is 22.4 Å². The Balaban J connectivity index is 2.18. The first-order valence-electron chi connectivity index (χ1n) is 6.29. The zero-order valence-corrected chi connectivity index (χ0v) is 11.5. The third-order valence-corrected chi connectivity index (χ3v) is 3.08. The number of anilines is 1. The molecule has 0 unspecified atom stereocenters. The predicted molar refractivity (Wildman–Crippen MR) is 82.0 cm³/mol. The fraction of sp³-hybridized carbons (Fsp3) is 0.0588. The molecular formula is C17H14N2O2. The van der Waals surface area contributed by atoms with Gasteiger partial charge in [-0.2, -0.15) is 0 Å². The number of primary amides is 1. The van der Waals surface area contributed by atoms with Crippen molar-refractivity contribution in [2.45, 2.75) is 6.92 Å². The number of terminal acetylenes is 1. The van der Waals surface area contributed by atoms with Crippen LogP contribution < -0.4 is 11.1 Å². The van der Waals surface area contributed by atoms with Crippen molar-refractivity contribution < 1.29 is 9.59 Å². The van der Waals surface area contributed by atoms with Crippen molar-refractivity contribution in [1.29, 1.82) is 0 Å². The van der Waals surface area contributed by atoms with Crippen molar-refractivity contribution in [2.24, 2.45) is 5.73 Å². The minimum atomic E-state index is -0.509. The average Bonchev–Trinajstić information content (AvgIpc) is 2.48. The number of hydrogen-bond donors (Lipinski definition) is 2. The van der Waals surface area contributed by atoms with Crippen LogP contribution in [0.2, 0.25) is 0 Å². The van der Waals surface area contributed by atoms with Crippen LogP contribution in [0.15, 0.2) is 42.5 Å². The Hall–Kier alpha value is -3.06. The summed E-state index contributed by atoms with van der Waals surface area (Å²) in [5.41, 5.74) is 8.23. The third kappa shape index (κ3) is 3.28. The van der Waals surface area contributed by atoms with Gasteiger partial charge in [-0.05, 0) is 48.9 Å². The number of hydrogen-bond acceptors (Lipinski definition) is 2. The van der Waals surface area contributed by atoms with E-state index in [-0.39, 0.29) is 5.91 Å². The number of nitrogens with one attached hydrogen (secondary N) is 1. The van der Waals surface area contributed by atoms with Crippen LogP contribution in [0, 0.1) is 19.3 Å². The molecule has 0 fully saturated rings. The van der Waals surface area contributed by atoms with E-state index in [1.54, 1.807) is 42.5 Å². The number of rotatable bonds is 3. The lowest BCUT2D eigenvalue weighted by molar-refractivity contribution is 0.0998. The Morgan fingerprint density at radius 3 is 2.29 bits per heavy atom. The lowest BCUT2D eigenvalue weighted by Gasteiger charge is -2.07. The van der Waals surface area contributed by atoms with E-state index >= 15 is 0 Å². The van der Waals surface area contributed by atoms with Gasteiger partial charge in [0.15, 0.2) is 0 Å². The van der Waals surface area contributed by atoms with E-state index in [1.807, 2.05) is 6.92 Å². The normalized spacial score (nSPS) is 9.71. The van der Waals surface area contributed by atoms with Crippen LogP contribution in [0.4, 0.5) is 5.69 Å². The SMILES string of the molecule is C#Cc1cc(C(=O)Nc2ccc(C(N)=O)cc2)ccc1C. The maximum Gasteiger partial charge on any atom is 0.255 e. The first-order chi connectivity index (χ1) is 10.0. The fourth-order valence-corrected chi connectivity index (χ4v) is 1.84. The van der Waals surface area contributed by atoms with Crippen LogP contribution >= 0.6 is 0 Å². The number of amides is 2. The van der Waals surface area contributed by atoms with E-state index in [9.17, 15) is 9.59 Å². The topological polar surface area (TPSA) is 72.2 Å². The maximum atomic E-state index is 12.1. The number of carbonyl (C=O) groups is 2. The third-order valence-electron chi connectivity index (χ3n) is 3.08. The number of benzene rings is 2. The summed E-state index contributed by atoms with van der Waals surface area (Å²) in [5, 5.41) is 2.74. The summed E-state index contributed by atoms with van der Waals surface area (Å²) in [5.74, 6) is 1.77. The maximum absolute atomic E-state index is 12.1. The van der Waals surface area contributed by atoms with Gasteiger partial charge in [0.2, 0.25) is 5.91 Å². The molecule has 0 aliphatic heterocycles. The van der Waals surface area contributed by atoms with Gasteiger partial charge >= 0.3 is 0 Å². The number of nitrogens with two attached hydrogens (primary N) is 1. The molecule has 0 aliphatic carbocycles. The van der Waals surface area contributed by atoms with Gasteiger partial charge in [0.25, 0.3) is 5.91 Å². The standard InChI is InChI=1S/C17H14N2O2/c1-3-12-10-14(5-4-11(12)2)17(21)19-15-8-6-13(7-9-15)16(18)20/h1,4-10H,2H3,(H2,18,20)(H,19,21). The summed E-state index contributed by atoms with van der Waals surface area (Å²) < 4.78 is 0. The molecule has 0 saturated carbocycles. The van der Waals surface area contributed by atoms with Crippen LogP contribution in [0.25, 0.3) is 0 Å². The lowest BCUT2D eigenvalue weighted by atomic mass is 10.1. The van der Waals surface area contributed by atoms with Gasteiger partial charge in [-0.25, -0.2) is 0 Å². The average molecular weight is 278 g/mol. The van der Waals surface area contributed by atoms with E-state index in [4.69, 9.17) is 12.2 Å². The molecule has 2 amide bonds. The molecule has 0 aliphatic rings. The van der Waals surface area contributed by atoms with Crippen LogP contribution in [-0.4, -0.2) is 11.8 Å². The molecule has 2 aromatic rings. The van der Waals surface area contributed by atoms with Crippen molar-refractivity contribution in [3.63, 3.8) is 0 Å². The highest BCUT2D eigenvalue weighted by atomic mass is 16.2. The molecule has 2 aromatic carbocycles. The number of aryl methyl sites for hydroxylation is 1. The quantitative estimate of drug-likeness (QED) is 0.846. The minimum absolute atomic E-state index is 0.265. The molecule has 0 spiro atoms. The Labute approximate surface area is 123 Å². The highest BCUT2D eigenvalue weighted by molar-refractivity contribution is 6.04. The second-order valence-corrected chi connectivity index (χ2v) is 4.57. The van der Waals surface area contributed by atoms with Crippen molar-refractivity contribution >= 4 is 17.5 Å². The molecule has 0 saturated heterocycles. The Bertz CT molecular complexity index is 740. The van der Waals surface area contributed by atoms with Gasteiger partial charge in [0, 0.05) is 22.4 Å². The van der Waals surface area contributed by atoms with Gasteiger partial charge in [-0.1, -0.05) is 12.0 Å². The summed E-state index contributed by atoms with van der Waals surface area (Å²) in [6.45, 7) is 1.89. The van der Waals surface area contributed by atoms with Gasteiger partial charge in [0.1, 0.15) is 0 Å². The van der Waals surface area contributed by atoms with Crippen LogP contribution in [0.5, 0.6) is 0 Å². The molecular weight excluding hydrogens is 264 g/mol. The Kier molecular flexibility index (Phi) is 4.05. The second-order valence-electron chi connectivity index (χ2n) is 4.57. The van der Waals surface area contributed by atoms with Crippen LogP contribution in [0.3, 0.4) is 0 Å². The largest absolute Gasteiger partial charge is 0.366 e. The molecule has 104 valence electrons. The zero-order valence-electron chi connectivity index (χ0n) is 11.5. The molecule has 0 bridgehead atoms. The van der Waals surface area contributed by atoms with E-state index in [0.717, 1.165) is 5.56 Å². The summed E-state index contributed by atoms with van der Waals surface area (Å²) >= 11 is 0. The predicted octanol–water partition coefficient (Wildman–Crippen LogP) is 2.33. The van der Waals surface area contributed by atoms with E-state index < -0.39 is 5.91 Å². The summed E-state index contributed by atoms with van der Waals surface area (Å²) in [7, 11) is 0. The van der Waals surface area contributed by atoms with E-state index in [1.165, 1.54) is 0 Å². The summed E-state index contributed by atoms with van der Waals surface area (Å²) in [4.78, 5) is 23.1. The lowest BCUT2D eigenvalue weighted by Crippen LogP contribution is -2.13. The summed E-state index contributed by atoms with van der Waals surface area (Å²) in [6, 6.07) is 11.5. The summed E-state index contributed by atoms with van der Waals surface area (Å²) in [6.07, 6.45) is 5.39.